The number of anilines is 1. The number of hydrogen-bond acceptors (Lipinski definition) is 3. The fraction of sp³-hybridized carbons (Fsp3) is 0.647. The monoisotopic (exact) mass is 291 g/mol. The van der Waals surface area contributed by atoms with E-state index >= 15 is 0 Å². The molecule has 4 heteroatoms. The number of nitrogens with one attached hydrogen (secondary N) is 1. The van der Waals surface area contributed by atoms with Crippen LogP contribution in [-0.4, -0.2) is 51.2 Å². The van der Waals surface area contributed by atoms with Gasteiger partial charge in [0.2, 0.25) is 0 Å². The Balaban J connectivity index is 1.64. The molecule has 1 unspecified atom stereocenters. The Hall–Kier alpha value is -1.13. The minimum Gasteiger partial charge on any atom is -0.367 e. The molecule has 2 aliphatic heterocycles. The van der Waals surface area contributed by atoms with E-state index in [-0.39, 0.29) is 5.82 Å². The van der Waals surface area contributed by atoms with Crippen molar-refractivity contribution in [2.75, 3.05) is 51.2 Å². The Morgan fingerprint density at radius 1 is 1.24 bits per heavy atom. The van der Waals surface area contributed by atoms with Crippen molar-refractivity contribution >= 4 is 5.69 Å². The van der Waals surface area contributed by atoms with E-state index < -0.39 is 0 Å². The molecular weight excluding hydrogens is 265 g/mol. The van der Waals surface area contributed by atoms with E-state index in [4.69, 9.17) is 0 Å². The van der Waals surface area contributed by atoms with Crippen LogP contribution in [0.25, 0.3) is 0 Å². The first-order chi connectivity index (χ1) is 10.2. The van der Waals surface area contributed by atoms with Crippen molar-refractivity contribution in [2.24, 2.45) is 5.92 Å². The van der Waals surface area contributed by atoms with E-state index in [0.29, 0.717) is 5.92 Å². The first-order valence-electron chi connectivity index (χ1n) is 8.15. The minimum absolute atomic E-state index is 0.0548. The second-order valence-corrected chi connectivity index (χ2v) is 6.49. The number of piperazine rings is 1. The summed E-state index contributed by atoms with van der Waals surface area (Å²) in [5.41, 5.74) is 1.91. The Morgan fingerprint density at radius 3 is 2.71 bits per heavy atom. The molecule has 2 saturated heterocycles. The predicted molar refractivity (Wildman–Crippen MR) is 85.4 cm³/mol. The van der Waals surface area contributed by atoms with Crippen LogP contribution in [0.15, 0.2) is 18.2 Å². The highest BCUT2D eigenvalue weighted by Gasteiger charge is 2.18. The zero-order chi connectivity index (χ0) is 14.7. The summed E-state index contributed by atoms with van der Waals surface area (Å²) in [5, 5.41) is 3.43. The molecule has 116 valence electrons. The molecule has 1 aromatic carbocycles. The highest BCUT2D eigenvalue weighted by Crippen LogP contribution is 2.24. The van der Waals surface area contributed by atoms with Crippen LogP contribution in [0.2, 0.25) is 0 Å². The van der Waals surface area contributed by atoms with Gasteiger partial charge in [0.1, 0.15) is 5.82 Å². The number of likely N-dealkylation sites (N-methyl/N-ethyl adjacent to an activating group) is 1. The summed E-state index contributed by atoms with van der Waals surface area (Å²) in [6.45, 7) is 6.05. The van der Waals surface area contributed by atoms with Gasteiger partial charge < -0.3 is 15.1 Å². The number of halogens is 1. The second-order valence-electron chi connectivity index (χ2n) is 6.49. The Morgan fingerprint density at radius 2 is 2.05 bits per heavy atom. The fourth-order valence-electron chi connectivity index (χ4n) is 3.41. The molecule has 0 bridgehead atoms. The van der Waals surface area contributed by atoms with Gasteiger partial charge in [-0.05, 0) is 63.0 Å². The Bertz CT molecular complexity index is 463. The molecule has 3 nitrogen and oxygen atoms in total. The van der Waals surface area contributed by atoms with Crippen molar-refractivity contribution in [1.29, 1.82) is 0 Å². The number of piperidine rings is 1. The average molecular weight is 291 g/mol. The van der Waals surface area contributed by atoms with E-state index in [9.17, 15) is 4.39 Å². The maximum atomic E-state index is 14.4. The summed E-state index contributed by atoms with van der Waals surface area (Å²) in [6, 6.07) is 5.85. The van der Waals surface area contributed by atoms with Crippen molar-refractivity contribution in [3.63, 3.8) is 0 Å². The Labute approximate surface area is 127 Å². The highest BCUT2D eigenvalue weighted by molar-refractivity contribution is 5.49. The maximum Gasteiger partial charge on any atom is 0.146 e. The molecular formula is C17H26FN3. The predicted octanol–water partition coefficient (Wildman–Crippen LogP) is 2.12. The van der Waals surface area contributed by atoms with Gasteiger partial charge in [-0.1, -0.05) is 6.07 Å². The SMILES string of the molecule is CN1CCN(c2ccc(CC3CCCNC3)cc2F)CC1. The minimum atomic E-state index is -0.0548. The lowest BCUT2D eigenvalue weighted by Crippen LogP contribution is -2.44. The van der Waals surface area contributed by atoms with Crippen LogP contribution in [0.3, 0.4) is 0 Å². The van der Waals surface area contributed by atoms with Gasteiger partial charge in [-0.2, -0.15) is 0 Å². The lowest BCUT2D eigenvalue weighted by atomic mass is 9.92. The average Bonchev–Trinajstić information content (AvgIpc) is 2.50. The van der Waals surface area contributed by atoms with Crippen LogP contribution < -0.4 is 10.2 Å². The van der Waals surface area contributed by atoms with Gasteiger partial charge in [0.25, 0.3) is 0 Å². The highest BCUT2D eigenvalue weighted by atomic mass is 19.1. The second kappa shape index (κ2) is 6.75. The quantitative estimate of drug-likeness (QED) is 0.920. The molecule has 0 radical (unpaired) electrons. The molecule has 2 aliphatic rings. The topological polar surface area (TPSA) is 18.5 Å². The summed E-state index contributed by atoms with van der Waals surface area (Å²) in [6.07, 6.45) is 3.49. The van der Waals surface area contributed by atoms with Crippen molar-refractivity contribution in [3.05, 3.63) is 29.6 Å². The third-order valence-electron chi connectivity index (χ3n) is 4.78. The van der Waals surface area contributed by atoms with E-state index in [1.165, 1.54) is 12.8 Å². The van der Waals surface area contributed by atoms with Crippen molar-refractivity contribution in [2.45, 2.75) is 19.3 Å². The summed E-state index contributed by atoms with van der Waals surface area (Å²) in [4.78, 5) is 4.46. The third kappa shape index (κ3) is 3.74. The molecule has 2 heterocycles. The van der Waals surface area contributed by atoms with E-state index in [2.05, 4.69) is 28.2 Å². The van der Waals surface area contributed by atoms with Crippen LogP contribution in [0, 0.1) is 11.7 Å². The summed E-state index contributed by atoms with van der Waals surface area (Å²) >= 11 is 0. The summed E-state index contributed by atoms with van der Waals surface area (Å²) in [7, 11) is 2.12. The zero-order valence-electron chi connectivity index (χ0n) is 12.9. The summed E-state index contributed by atoms with van der Waals surface area (Å²) in [5.74, 6) is 0.605. The molecule has 21 heavy (non-hydrogen) atoms. The number of benzene rings is 1. The molecule has 0 saturated carbocycles. The molecule has 0 aliphatic carbocycles. The van der Waals surface area contributed by atoms with Gasteiger partial charge in [-0.15, -0.1) is 0 Å². The molecule has 1 aromatic rings. The fourth-order valence-corrected chi connectivity index (χ4v) is 3.41. The van der Waals surface area contributed by atoms with Gasteiger partial charge in [0.05, 0.1) is 5.69 Å². The molecule has 3 rings (SSSR count). The van der Waals surface area contributed by atoms with Crippen molar-refractivity contribution in [3.8, 4) is 0 Å². The van der Waals surface area contributed by atoms with Gasteiger partial charge in [-0.25, -0.2) is 4.39 Å². The van der Waals surface area contributed by atoms with Crippen LogP contribution in [0.4, 0.5) is 10.1 Å². The van der Waals surface area contributed by atoms with Crippen molar-refractivity contribution in [1.82, 2.24) is 10.2 Å². The number of nitrogens with zero attached hydrogens (tertiary/aromatic N) is 2. The van der Waals surface area contributed by atoms with Gasteiger partial charge in [-0.3, -0.25) is 0 Å². The normalized spacial score (nSPS) is 24.3. The van der Waals surface area contributed by atoms with E-state index in [1.54, 1.807) is 6.07 Å². The zero-order valence-corrected chi connectivity index (χ0v) is 12.9. The molecule has 1 atom stereocenters. The van der Waals surface area contributed by atoms with Crippen LogP contribution >= 0.6 is 0 Å². The smallest absolute Gasteiger partial charge is 0.146 e. The van der Waals surface area contributed by atoms with Crippen LogP contribution in [0.5, 0.6) is 0 Å². The standard InChI is InChI=1S/C17H26FN3/c1-20-7-9-21(10-8-20)17-5-4-14(12-16(17)18)11-15-3-2-6-19-13-15/h4-5,12,15,19H,2-3,6-11,13H2,1H3. The molecule has 0 amide bonds. The first-order valence-corrected chi connectivity index (χ1v) is 8.15. The lowest BCUT2D eigenvalue weighted by molar-refractivity contribution is 0.311. The number of rotatable bonds is 3. The maximum absolute atomic E-state index is 14.4. The van der Waals surface area contributed by atoms with Crippen molar-refractivity contribution < 1.29 is 4.39 Å². The lowest BCUT2D eigenvalue weighted by Gasteiger charge is -2.34. The first kappa shape index (κ1) is 14.8. The molecule has 0 spiro atoms. The van der Waals surface area contributed by atoms with Gasteiger partial charge in [0, 0.05) is 26.2 Å². The molecule has 1 N–H and O–H groups in total. The van der Waals surface area contributed by atoms with Gasteiger partial charge in [0.15, 0.2) is 0 Å². The van der Waals surface area contributed by atoms with Crippen LogP contribution in [0.1, 0.15) is 18.4 Å². The largest absolute Gasteiger partial charge is 0.367 e. The third-order valence-corrected chi connectivity index (χ3v) is 4.78. The number of hydrogen-bond donors (Lipinski definition) is 1. The summed E-state index contributed by atoms with van der Waals surface area (Å²) < 4.78 is 14.4. The Kier molecular flexibility index (Phi) is 4.76. The van der Waals surface area contributed by atoms with Gasteiger partial charge >= 0.3 is 0 Å². The van der Waals surface area contributed by atoms with E-state index in [1.807, 2.05) is 6.07 Å². The van der Waals surface area contributed by atoms with Crippen LogP contribution in [-0.2, 0) is 6.42 Å². The molecule has 2 fully saturated rings. The van der Waals surface area contributed by atoms with E-state index in [0.717, 1.165) is 56.9 Å². The molecule has 0 aromatic heterocycles.